The van der Waals surface area contributed by atoms with Gasteiger partial charge in [-0.05, 0) is 42.7 Å². The number of thioether (sulfide) groups is 1. The van der Waals surface area contributed by atoms with Gasteiger partial charge in [0.25, 0.3) is 11.1 Å². The Labute approximate surface area is 182 Å². The summed E-state index contributed by atoms with van der Waals surface area (Å²) >= 11 is 1.16. The van der Waals surface area contributed by atoms with Gasteiger partial charge >= 0.3 is 0 Å². The molecule has 2 aliphatic heterocycles. The molecule has 5 rings (SSSR count). The fourth-order valence-electron chi connectivity index (χ4n) is 3.90. The number of nitrogens with zero attached hydrogens (tertiary/aromatic N) is 3. The number of halogens is 1. The lowest BCUT2D eigenvalue weighted by atomic mass is 10.0. The summed E-state index contributed by atoms with van der Waals surface area (Å²) in [4.78, 5) is 14.8. The van der Waals surface area contributed by atoms with E-state index < -0.39 is 5.82 Å². The van der Waals surface area contributed by atoms with Gasteiger partial charge in [0.05, 0.1) is 17.4 Å². The van der Waals surface area contributed by atoms with Crippen LogP contribution in [0.2, 0.25) is 0 Å². The number of hydrogen-bond donors (Lipinski definition) is 0. The predicted octanol–water partition coefficient (Wildman–Crippen LogP) is 4.10. The normalized spacial score (nSPS) is 17.7. The fourth-order valence-corrected chi connectivity index (χ4v) is 4.55. The van der Waals surface area contributed by atoms with Crippen molar-refractivity contribution in [3.8, 4) is 23.0 Å². The van der Waals surface area contributed by atoms with Gasteiger partial charge in [-0.2, -0.15) is 0 Å². The predicted molar refractivity (Wildman–Crippen MR) is 112 cm³/mol. The lowest BCUT2D eigenvalue weighted by Crippen LogP contribution is -2.32. The average molecular weight is 441 g/mol. The standard InChI is InChI=1S/C22H20FN3O4S/c23-16-5-2-1-4-15(16)21-24-25-22(30-21)31-13-20(27)26-9-3-6-17(26)14-7-8-18-19(12-14)29-11-10-28-18/h1-2,4-5,7-8,12,17H,3,6,9-11,13H2/t17-/m0/s1. The van der Waals surface area contributed by atoms with Crippen molar-refractivity contribution in [1.82, 2.24) is 15.1 Å². The van der Waals surface area contributed by atoms with Gasteiger partial charge in [0.2, 0.25) is 5.91 Å². The van der Waals surface area contributed by atoms with Gasteiger partial charge in [-0.15, -0.1) is 10.2 Å². The highest BCUT2D eigenvalue weighted by Gasteiger charge is 2.31. The van der Waals surface area contributed by atoms with Gasteiger partial charge in [-0.1, -0.05) is 30.0 Å². The van der Waals surface area contributed by atoms with Crippen LogP contribution in [-0.4, -0.2) is 46.5 Å². The smallest absolute Gasteiger partial charge is 0.277 e. The molecule has 160 valence electrons. The summed E-state index contributed by atoms with van der Waals surface area (Å²) in [7, 11) is 0. The summed E-state index contributed by atoms with van der Waals surface area (Å²) < 4.78 is 30.7. The van der Waals surface area contributed by atoms with E-state index in [1.807, 2.05) is 23.1 Å². The van der Waals surface area contributed by atoms with Gasteiger partial charge in [-0.25, -0.2) is 4.39 Å². The molecule has 0 spiro atoms. The van der Waals surface area contributed by atoms with E-state index in [1.165, 1.54) is 6.07 Å². The molecule has 0 unspecified atom stereocenters. The molecule has 1 amide bonds. The fraction of sp³-hybridized carbons (Fsp3) is 0.318. The summed E-state index contributed by atoms with van der Waals surface area (Å²) in [6, 6.07) is 12.1. The van der Waals surface area contributed by atoms with E-state index in [9.17, 15) is 9.18 Å². The van der Waals surface area contributed by atoms with E-state index in [4.69, 9.17) is 13.9 Å². The van der Waals surface area contributed by atoms with Crippen LogP contribution in [0.25, 0.3) is 11.5 Å². The van der Waals surface area contributed by atoms with E-state index >= 15 is 0 Å². The van der Waals surface area contributed by atoms with E-state index in [-0.39, 0.29) is 34.4 Å². The first-order chi connectivity index (χ1) is 15.2. The van der Waals surface area contributed by atoms with Crippen molar-refractivity contribution >= 4 is 17.7 Å². The lowest BCUT2D eigenvalue weighted by molar-refractivity contribution is -0.129. The van der Waals surface area contributed by atoms with E-state index in [2.05, 4.69) is 10.2 Å². The Balaban J connectivity index is 1.25. The number of likely N-dealkylation sites (tertiary alicyclic amines) is 1. The number of carbonyl (C=O) groups excluding carboxylic acids is 1. The first-order valence-corrected chi connectivity index (χ1v) is 11.1. The number of amides is 1. The number of rotatable bonds is 5. The number of hydrogen-bond acceptors (Lipinski definition) is 7. The molecule has 9 heteroatoms. The van der Waals surface area contributed by atoms with Crippen molar-refractivity contribution in [2.75, 3.05) is 25.5 Å². The van der Waals surface area contributed by atoms with Crippen LogP contribution in [0.1, 0.15) is 24.4 Å². The molecule has 3 heterocycles. The number of benzene rings is 2. The van der Waals surface area contributed by atoms with Crippen molar-refractivity contribution in [1.29, 1.82) is 0 Å². The molecule has 0 aliphatic carbocycles. The largest absolute Gasteiger partial charge is 0.486 e. The van der Waals surface area contributed by atoms with Crippen molar-refractivity contribution < 1.29 is 23.1 Å². The van der Waals surface area contributed by atoms with Crippen LogP contribution in [0, 0.1) is 5.82 Å². The molecule has 1 saturated heterocycles. The van der Waals surface area contributed by atoms with Crippen molar-refractivity contribution in [2.24, 2.45) is 0 Å². The van der Waals surface area contributed by atoms with Crippen LogP contribution >= 0.6 is 11.8 Å². The monoisotopic (exact) mass is 441 g/mol. The highest BCUT2D eigenvalue weighted by molar-refractivity contribution is 7.99. The zero-order chi connectivity index (χ0) is 21.2. The van der Waals surface area contributed by atoms with Crippen molar-refractivity contribution in [3.63, 3.8) is 0 Å². The second-order valence-electron chi connectivity index (χ2n) is 7.29. The molecule has 2 aliphatic rings. The van der Waals surface area contributed by atoms with Gasteiger partial charge in [-0.3, -0.25) is 4.79 Å². The summed E-state index contributed by atoms with van der Waals surface area (Å²) in [5, 5.41) is 8.07. The first kappa shape index (κ1) is 19.9. The second-order valence-corrected chi connectivity index (χ2v) is 8.22. The topological polar surface area (TPSA) is 77.7 Å². The quantitative estimate of drug-likeness (QED) is 0.552. The molecule has 1 fully saturated rings. The Morgan fingerprint density at radius 2 is 1.97 bits per heavy atom. The lowest BCUT2D eigenvalue weighted by Gasteiger charge is -2.26. The highest BCUT2D eigenvalue weighted by atomic mass is 32.2. The molecular formula is C22H20FN3O4S. The van der Waals surface area contributed by atoms with E-state index in [1.54, 1.807) is 18.2 Å². The molecule has 2 aromatic carbocycles. The third-order valence-electron chi connectivity index (χ3n) is 5.35. The van der Waals surface area contributed by atoms with Crippen LogP contribution in [0.4, 0.5) is 4.39 Å². The Hall–Kier alpha value is -3.07. The third kappa shape index (κ3) is 4.10. The first-order valence-electron chi connectivity index (χ1n) is 10.1. The minimum Gasteiger partial charge on any atom is -0.486 e. The maximum absolute atomic E-state index is 13.9. The molecule has 7 nitrogen and oxygen atoms in total. The summed E-state index contributed by atoms with van der Waals surface area (Å²) in [5.41, 5.74) is 1.28. The molecule has 31 heavy (non-hydrogen) atoms. The van der Waals surface area contributed by atoms with Crippen LogP contribution in [-0.2, 0) is 4.79 Å². The van der Waals surface area contributed by atoms with Gasteiger partial charge in [0, 0.05) is 6.54 Å². The van der Waals surface area contributed by atoms with Crippen molar-refractivity contribution in [2.45, 2.75) is 24.1 Å². The molecule has 0 radical (unpaired) electrons. The van der Waals surface area contributed by atoms with Gasteiger partial charge < -0.3 is 18.8 Å². The molecule has 3 aromatic rings. The SMILES string of the molecule is O=C(CSc1nnc(-c2ccccc2F)o1)N1CCC[C@H]1c1ccc2c(c1)OCCO2. The Kier molecular flexibility index (Phi) is 5.50. The van der Waals surface area contributed by atoms with Gasteiger partial charge in [0.1, 0.15) is 19.0 Å². The Bertz CT molecular complexity index is 1110. The summed E-state index contributed by atoms with van der Waals surface area (Å²) in [6.07, 6.45) is 1.83. The van der Waals surface area contributed by atoms with Crippen LogP contribution in [0.3, 0.4) is 0 Å². The Morgan fingerprint density at radius 3 is 2.84 bits per heavy atom. The molecule has 1 atom stereocenters. The molecule has 1 aromatic heterocycles. The summed E-state index contributed by atoms with van der Waals surface area (Å²) in [6.45, 7) is 1.77. The zero-order valence-corrected chi connectivity index (χ0v) is 17.4. The average Bonchev–Trinajstić information content (AvgIpc) is 3.47. The Morgan fingerprint density at radius 1 is 1.13 bits per heavy atom. The molecule has 0 saturated carbocycles. The van der Waals surface area contributed by atoms with Gasteiger partial charge in [0.15, 0.2) is 11.5 Å². The number of ether oxygens (including phenoxy) is 2. The molecular weight excluding hydrogens is 421 g/mol. The number of aromatic nitrogens is 2. The number of carbonyl (C=O) groups is 1. The molecule has 0 bridgehead atoms. The van der Waals surface area contributed by atoms with E-state index in [0.717, 1.165) is 41.7 Å². The van der Waals surface area contributed by atoms with Crippen molar-refractivity contribution in [3.05, 3.63) is 53.8 Å². The van der Waals surface area contributed by atoms with Crippen LogP contribution < -0.4 is 9.47 Å². The minimum absolute atomic E-state index is 0.000544. The van der Waals surface area contributed by atoms with Crippen LogP contribution in [0.15, 0.2) is 52.1 Å². The maximum atomic E-state index is 13.9. The second kappa shape index (κ2) is 8.58. The highest BCUT2D eigenvalue weighted by Crippen LogP contribution is 2.38. The minimum atomic E-state index is -0.432. The number of fused-ring (bicyclic) bond motifs is 1. The van der Waals surface area contributed by atoms with Crippen LogP contribution in [0.5, 0.6) is 11.5 Å². The summed E-state index contributed by atoms with van der Waals surface area (Å²) in [5.74, 6) is 1.29. The molecule has 0 N–H and O–H groups in total. The third-order valence-corrected chi connectivity index (χ3v) is 6.16. The zero-order valence-electron chi connectivity index (χ0n) is 16.6. The van der Waals surface area contributed by atoms with E-state index in [0.29, 0.717) is 19.8 Å². The maximum Gasteiger partial charge on any atom is 0.277 e.